The van der Waals surface area contributed by atoms with Crippen LogP contribution in [0.15, 0.2) is 24.3 Å². The molecule has 1 heterocycles. The fourth-order valence-electron chi connectivity index (χ4n) is 2.13. The van der Waals surface area contributed by atoms with E-state index in [1.54, 1.807) is 19.2 Å². The third-order valence-corrected chi connectivity index (χ3v) is 2.89. The molecule has 0 unspecified atom stereocenters. The van der Waals surface area contributed by atoms with Crippen molar-refractivity contribution in [3.8, 4) is 0 Å². The maximum absolute atomic E-state index is 12.9. The van der Waals surface area contributed by atoms with Gasteiger partial charge in [0.25, 0.3) is 0 Å². The third kappa shape index (κ3) is 2.12. The van der Waals surface area contributed by atoms with Gasteiger partial charge in [0, 0.05) is 24.5 Å². The van der Waals surface area contributed by atoms with E-state index < -0.39 is 11.7 Å². The zero-order valence-corrected chi connectivity index (χ0v) is 10.0. The Morgan fingerprint density at radius 3 is 2.56 bits per heavy atom. The molecule has 0 aliphatic carbocycles. The monoisotopic (exact) mass is 255 g/mol. The normalized spacial score (nSPS) is 12.1. The number of carbonyl (C=O) groups excluding carboxylic acids is 1. The van der Waals surface area contributed by atoms with Crippen LogP contribution in [0.4, 0.5) is 13.2 Å². The summed E-state index contributed by atoms with van der Waals surface area (Å²) in [5.74, 6) is -0.0746. The van der Waals surface area contributed by atoms with E-state index in [-0.39, 0.29) is 17.7 Å². The quantitative estimate of drug-likeness (QED) is 0.806. The molecule has 0 aliphatic heterocycles. The van der Waals surface area contributed by atoms with E-state index >= 15 is 0 Å². The average Bonchev–Trinajstić information content (AvgIpc) is 2.54. The molecular formula is C13H12F3NO. The predicted octanol–water partition coefficient (Wildman–Crippen LogP) is 3.33. The Morgan fingerprint density at radius 1 is 1.33 bits per heavy atom. The molecule has 2 rings (SSSR count). The highest BCUT2D eigenvalue weighted by atomic mass is 19.4. The summed E-state index contributed by atoms with van der Waals surface area (Å²) in [5, 5.41) is 0.503. The van der Waals surface area contributed by atoms with Gasteiger partial charge in [0.05, 0.1) is 11.1 Å². The maximum Gasteiger partial charge on any atom is 0.418 e. The lowest BCUT2D eigenvalue weighted by Crippen LogP contribution is -2.09. The zero-order valence-electron chi connectivity index (χ0n) is 10.0. The summed E-state index contributed by atoms with van der Waals surface area (Å²) in [6.45, 7) is 1.42. The van der Waals surface area contributed by atoms with Crippen LogP contribution in [-0.4, -0.2) is 10.4 Å². The molecule has 1 aromatic carbocycles. The van der Waals surface area contributed by atoms with Crippen molar-refractivity contribution in [3.05, 3.63) is 35.5 Å². The maximum atomic E-state index is 12.9. The van der Waals surface area contributed by atoms with Gasteiger partial charge in [0.15, 0.2) is 0 Å². The molecule has 0 atom stereocenters. The Bertz CT molecular complexity index is 610. The van der Waals surface area contributed by atoms with Crippen LogP contribution in [0, 0.1) is 0 Å². The van der Waals surface area contributed by atoms with Crippen LogP contribution in [0.3, 0.4) is 0 Å². The third-order valence-electron chi connectivity index (χ3n) is 2.89. The molecule has 5 heteroatoms. The van der Waals surface area contributed by atoms with E-state index in [2.05, 4.69) is 0 Å². The van der Waals surface area contributed by atoms with E-state index in [4.69, 9.17) is 0 Å². The van der Waals surface area contributed by atoms with E-state index in [1.165, 1.54) is 17.6 Å². The molecule has 18 heavy (non-hydrogen) atoms. The Hall–Kier alpha value is -1.78. The number of nitrogens with zero attached hydrogens (tertiary/aromatic N) is 1. The van der Waals surface area contributed by atoms with E-state index in [0.717, 1.165) is 6.07 Å². The average molecular weight is 255 g/mol. The summed E-state index contributed by atoms with van der Waals surface area (Å²) in [5.41, 5.74) is 0.0488. The molecule has 0 bridgehead atoms. The molecular weight excluding hydrogens is 243 g/mol. The van der Waals surface area contributed by atoms with Gasteiger partial charge in [-0.2, -0.15) is 13.2 Å². The molecule has 0 saturated heterocycles. The van der Waals surface area contributed by atoms with Crippen molar-refractivity contribution < 1.29 is 18.0 Å². The fraction of sp³-hybridized carbons (Fsp3) is 0.308. The largest absolute Gasteiger partial charge is 0.418 e. The summed E-state index contributed by atoms with van der Waals surface area (Å²) in [4.78, 5) is 11.1. The summed E-state index contributed by atoms with van der Waals surface area (Å²) in [6, 6.07) is 5.68. The van der Waals surface area contributed by atoms with Crippen LogP contribution in [-0.2, 0) is 24.4 Å². The Kier molecular flexibility index (Phi) is 2.92. The Balaban J connectivity index is 2.70. The van der Waals surface area contributed by atoms with Gasteiger partial charge in [-0.3, -0.25) is 4.79 Å². The topological polar surface area (TPSA) is 22.0 Å². The highest BCUT2D eigenvalue weighted by Gasteiger charge is 2.33. The molecule has 0 N–H and O–H groups in total. The van der Waals surface area contributed by atoms with Crippen LogP contribution in [0.1, 0.15) is 18.2 Å². The molecule has 0 radical (unpaired) electrons. The molecule has 1 aromatic heterocycles. The highest BCUT2D eigenvalue weighted by molar-refractivity contribution is 5.87. The SMILES string of the molecule is CC(=O)Cc1cc2cccc(C(F)(F)F)c2n1C. The van der Waals surface area contributed by atoms with Gasteiger partial charge in [-0.25, -0.2) is 0 Å². The minimum absolute atomic E-state index is 0.0746. The van der Waals surface area contributed by atoms with E-state index in [0.29, 0.717) is 11.1 Å². The second-order valence-corrected chi connectivity index (χ2v) is 4.31. The van der Waals surface area contributed by atoms with Crippen LogP contribution in [0.5, 0.6) is 0 Å². The van der Waals surface area contributed by atoms with Crippen LogP contribution >= 0.6 is 0 Å². The van der Waals surface area contributed by atoms with Gasteiger partial charge in [0.2, 0.25) is 0 Å². The molecule has 0 spiro atoms. The Labute approximate surface area is 102 Å². The van der Waals surface area contributed by atoms with Crippen molar-refractivity contribution in [2.45, 2.75) is 19.5 Å². The number of ketones is 1. The number of para-hydroxylation sites is 1. The molecule has 0 aliphatic rings. The fourth-order valence-corrected chi connectivity index (χ4v) is 2.13. The van der Waals surface area contributed by atoms with Crippen molar-refractivity contribution in [1.82, 2.24) is 4.57 Å². The molecule has 2 aromatic rings. The van der Waals surface area contributed by atoms with Crippen molar-refractivity contribution >= 4 is 16.7 Å². The number of hydrogen-bond acceptors (Lipinski definition) is 1. The smallest absolute Gasteiger partial charge is 0.347 e. The van der Waals surface area contributed by atoms with Gasteiger partial charge in [-0.05, 0) is 19.1 Å². The summed E-state index contributed by atoms with van der Waals surface area (Å²) >= 11 is 0. The van der Waals surface area contributed by atoms with E-state index in [9.17, 15) is 18.0 Å². The van der Waals surface area contributed by atoms with Gasteiger partial charge >= 0.3 is 6.18 Å². The lowest BCUT2D eigenvalue weighted by atomic mass is 10.1. The summed E-state index contributed by atoms with van der Waals surface area (Å²) < 4.78 is 40.1. The molecule has 0 saturated carbocycles. The number of rotatable bonds is 2. The predicted molar refractivity (Wildman–Crippen MR) is 62.3 cm³/mol. The molecule has 96 valence electrons. The first-order valence-corrected chi connectivity index (χ1v) is 5.44. The van der Waals surface area contributed by atoms with Crippen molar-refractivity contribution in [3.63, 3.8) is 0 Å². The number of aromatic nitrogens is 1. The highest BCUT2D eigenvalue weighted by Crippen LogP contribution is 2.35. The molecule has 0 amide bonds. The second-order valence-electron chi connectivity index (χ2n) is 4.31. The first-order valence-electron chi connectivity index (χ1n) is 5.44. The van der Waals surface area contributed by atoms with E-state index in [1.807, 2.05) is 0 Å². The molecule has 2 nitrogen and oxygen atoms in total. The zero-order chi connectivity index (χ0) is 13.5. The van der Waals surface area contributed by atoms with Crippen molar-refractivity contribution in [1.29, 1.82) is 0 Å². The minimum Gasteiger partial charge on any atom is -0.347 e. The number of aryl methyl sites for hydroxylation is 1. The van der Waals surface area contributed by atoms with Crippen LogP contribution in [0.25, 0.3) is 10.9 Å². The van der Waals surface area contributed by atoms with Crippen molar-refractivity contribution in [2.75, 3.05) is 0 Å². The minimum atomic E-state index is -4.39. The van der Waals surface area contributed by atoms with Gasteiger partial charge < -0.3 is 4.57 Å². The number of hydrogen-bond donors (Lipinski definition) is 0. The lowest BCUT2D eigenvalue weighted by molar-refractivity contribution is -0.136. The number of carbonyl (C=O) groups is 1. The number of halogens is 3. The number of fused-ring (bicyclic) bond motifs is 1. The lowest BCUT2D eigenvalue weighted by Gasteiger charge is -2.10. The van der Waals surface area contributed by atoms with Gasteiger partial charge in [-0.1, -0.05) is 12.1 Å². The second kappa shape index (κ2) is 4.15. The molecule has 0 fully saturated rings. The first-order chi connectivity index (χ1) is 8.30. The summed E-state index contributed by atoms with van der Waals surface area (Å²) in [7, 11) is 1.55. The first kappa shape index (κ1) is 12.7. The van der Waals surface area contributed by atoms with Gasteiger partial charge in [-0.15, -0.1) is 0 Å². The number of alkyl halides is 3. The van der Waals surface area contributed by atoms with Crippen LogP contribution in [0.2, 0.25) is 0 Å². The number of Topliss-reactive ketones (excluding diaryl/α,β-unsaturated/α-hetero) is 1. The standard InChI is InChI=1S/C13H12F3NO/c1-8(18)6-10-7-9-4-3-5-11(13(14,15)16)12(9)17(10)2/h3-5,7H,6H2,1-2H3. The van der Waals surface area contributed by atoms with Gasteiger partial charge in [0.1, 0.15) is 5.78 Å². The Morgan fingerprint density at radius 2 is 2.00 bits per heavy atom. The van der Waals surface area contributed by atoms with Crippen molar-refractivity contribution in [2.24, 2.45) is 7.05 Å². The number of benzene rings is 1. The summed E-state index contributed by atoms with van der Waals surface area (Å²) in [6.07, 6.45) is -4.25. The van der Waals surface area contributed by atoms with Crippen LogP contribution < -0.4 is 0 Å².